The van der Waals surface area contributed by atoms with Gasteiger partial charge in [-0.05, 0) is 13.8 Å². The molecular formula is C23H32NO10+. The predicted octanol–water partition coefficient (Wildman–Crippen LogP) is -0.0755. The number of esters is 1. The highest BCUT2D eigenvalue weighted by Crippen LogP contribution is 2.47. The zero-order valence-electron chi connectivity index (χ0n) is 21.2. The Morgan fingerprint density at radius 2 is 0.882 bits per heavy atom. The number of rotatable bonds is 13. The second-order valence-corrected chi connectivity index (χ2v) is 8.64. The Morgan fingerprint density at radius 3 is 1.06 bits per heavy atom. The molecule has 11 heteroatoms. The van der Waals surface area contributed by atoms with Crippen LogP contribution in [-0.4, -0.2) is 87.0 Å². The molecule has 0 heterocycles. The Hall–Kier alpha value is -3.21. The van der Waals surface area contributed by atoms with Gasteiger partial charge in [-0.25, -0.2) is 0 Å². The van der Waals surface area contributed by atoms with E-state index in [-0.39, 0.29) is 0 Å². The van der Waals surface area contributed by atoms with Gasteiger partial charge in [-0.1, -0.05) is 0 Å². The third kappa shape index (κ3) is 3.87. The average Bonchev–Trinajstić information content (AvgIpc) is 2.57. The fourth-order valence-electron chi connectivity index (χ4n) is 5.70. The van der Waals surface area contributed by atoms with Crippen LogP contribution in [0, 0.1) is 0 Å². The van der Waals surface area contributed by atoms with Gasteiger partial charge in [0.25, 0.3) is 16.7 Å². The number of hydrogen-bond donors (Lipinski definition) is 0. The van der Waals surface area contributed by atoms with Gasteiger partial charge in [0.15, 0.2) is 17.3 Å². The van der Waals surface area contributed by atoms with Crippen molar-refractivity contribution in [2.45, 2.75) is 79.0 Å². The lowest BCUT2D eigenvalue weighted by Crippen LogP contribution is -2.91. The highest BCUT2D eigenvalue weighted by molar-refractivity contribution is 6.29. The summed E-state index contributed by atoms with van der Waals surface area (Å²) in [4.78, 5) is 117. The molecule has 1 unspecified atom stereocenters. The first kappa shape index (κ1) is 30.8. The van der Waals surface area contributed by atoms with Crippen molar-refractivity contribution in [2.75, 3.05) is 13.6 Å². The van der Waals surface area contributed by atoms with E-state index in [2.05, 4.69) is 0 Å². The van der Waals surface area contributed by atoms with Gasteiger partial charge < -0.3 is 4.74 Å². The average molecular weight is 483 g/mol. The molecule has 0 N–H and O–H groups in total. The van der Waals surface area contributed by atoms with Gasteiger partial charge in [0.2, 0.25) is 28.9 Å². The molecule has 0 bridgehead atoms. The number of likely N-dealkylation sites (N-methyl/N-ethyl adjacent to an activating group) is 1. The minimum absolute atomic E-state index is 0.778. The molecule has 0 saturated heterocycles. The van der Waals surface area contributed by atoms with Gasteiger partial charge in [0.05, 0.1) is 7.05 Å². The SMILES string of the molecule is CC(=O)C[N+](C)(C(C(C)=O)(C(C)=O)C(C)=O)C(C(C)=O)(C(C)=O)C(OC(C)=O)(C(C)=O)C(C)=O. The zero-order valence-corrected chi connectivity index (χ0v) is 21.2. The summed E-state index contributed by atoms with van der Waals surface area (Å²) in [6, 6.07) is 0. The molecule has 0 aliphatic carbocycles. The Balaban J connectivity index is 8.87. The predicted molar refractivity (Wildman–Crippen MR) is 116 cm³/mol. The van der Waals surface area contributed by atoms with E-state index in [0.717, 1.165) is 69.4 Å². The molecule has 0 aromatic heterocycles. The maximum atomic E-state index is 13.5. The van der Waals surface area contributed by atoms with E-state index in [1.54, 1.807) is 0 Å². The van der Waals surface area contributed by atoms with E-state index in [1.165, 1.54) is 0 Å². The van der Waals surface area contributed by atoms with Crippen molar-refractivity contribution in [2.24, 2.45) is 0 Å². The van der Waals surface area contributed by atoms with Gasteiger partial charge >= 0.3 is 5.97 Å². The van der Waals surface area contributed by atoms with Crippen LogP contribution in [0.5, 0.6) is 0 Å². The van der Waals surface area contributed by atoms with Gasteiger partial charge in [0, 0.05) is 48.5 Å². The molecule has 0 radical (unpaired) electrons. The maximum Gasteiger partial charge on any atom is 0.304 e. The Morgan fingerprint density at radius 1 is 0.559 bits per heavy atom. The summed E-state index contributed by atoms with van der Waals surface area (Å²) in [6.45, 7) is 6.48. The van der Waals surface area contributed by atoms with Crippen LogP contribution < -0.4 is 0 Å². The summed E-state index contributed by atoms with van der Waals surface area (Å²) in [7, 11) is 0.915. The number of hydrogen-bond acceptors (Lipinski definition) is 10. The van der Waals surface area contributed by atoms with Crippen LogP contribution in [0.2, 0.25) is 0 Å². The van der Waals surface area contributed by atoms with Gasteiger partial charge in [-0.2, -0.15) is 0 Å². The lowest BCUT2D eigenvalue weighted by atomic mass is 9.63. The molecule has 1 atom stereocenters. The number of Topliss-reactive ketones (excluding diaryl/α,β-unsaturated/α-hetero) is 8. The van der Waals surface area contributed by atoms with Crippen molar-refractivity contribution >= 4 is 52.2 Å². The smallest absolute Gasteiger partial charge is 0.304 e. The Kier molecular flexibility index (Phi) is 9.02. The first-order valence-electron chi connectivity index (χ1n) is 10.3. The summed E-state index contributed by atoms with van der Waals surface area (Å²) in [5.41, 5.74) is -9.25. The fraction of sp³-hybridized carbons (Fsp3) is 0.609. The highest BCUT2D eigenvalue weighted by atomic mass is 16.6. The lowest BCUT2D eigenvalue weighted by Gasteiger charge is -2.58. The Bertz CT molecular complexity index is 941. The minimum Gasteiger partial charge on any atom is -0.435 e. The van der Waals surface area contributed by atoms with Crippen LogP contribution in [0.1, 0.15) is 62.3 Å². The molecule has 0 rings (SSSR count). The second kappa shape index (κ2) is 9.96. The van der Waals surface area contributed by atoms with E-state index in [9.17, 15) is 43.2 Å². The number of carbonyl (C=O) groups is 9. The lowest BCUT2D eigenvalue weighted by molar-refractivity contribution is -0.955. The third-order valence-corrected chi connectivity index (χ3v) is 6.36. The fourth-order valence-corrected chi connectivity index (χ4v) is 5.70. The quantitative estimate of drug-likeness (QED) is 0.197. The summed E-state index contributed by atoms with van der Waals surface area (Å²) < 4.78 is 3.54. The molecule has 0 fully saturated rings. The molecule has 0 aromatic rings. The number of quaternary nitrogens is 1. The maximum absolute atomic E-state index is 13.5. The molecule has 0 aliphatic rings. The van der Waals surface area contributed by atoms with E-state index in [1.807, 2.05) is 0 Å². The van der Waals surface area contributed by atoms with Crippen molar-refractivity contribution in [1.29, 1.82) is 0 Å². The first-order valence-corrected chi connectivity index (χ1v) is 10.3. The normalized spacial score (nSPS) is 13.8. The van der Waals surface area contributed by atoms with E-state index in [0.29, 0.717) is 0 Å². The van der Waals surface area contributed by atoms with Crippen molar-refractivity contribution in [3.63, 3.8) is 0 Å². The van der Waals surface area contributed by atoms with Crippen LogP contribution >= 0.6 is 0 Å². The number of ether oxygens (including phenoxy) is 1. The van der Waals surface area contributed by atoms with Crippen LogP contribution in [-0.2, 0) is 47.9 Å². The molecule has 0 aliphatic heterocycles. The molecule has 0 aromatic carbocycles. The number of ketones is 8. The summed E-state index contributed by atoms with van der Waals surface area (Å²) in [6.07, 6.45) is 0. The number of carbonyl (C=O) groups excluding carboxylic acids is 9. The minimum atomic E-state index is -3.20. The largest absolute Gasteiger partial charge is 0.435 e. The van der Waals surface area contributed by atoms with Crippen LogP contribution in [0.15, 0.2) is 0 Å². The zero-order chi connectivity index (χ0) is 27.6. The third-order valence-electron chi connectivity index (χ3n) is 6.36. The molecule has 0 amide bonds. The molecule has 188 valence electrons. The summed E-state index contributed by atoms with van der Waals surface area (Å²) >= 11 is 0. The summed E-state index contributed by atoms with van der Waals surface area (Å²) in [5.74, 6) is -10.6. The monoisotopic (exact) mass is 482 g/mol. The molecule has 0 spiro atoms. The molecule has 11 nitrogen and oxygen atoms in total. The molecular weight excluding hydrogens is 450 g/mol. The van der Waals surface area contributed by atoms with E-state index in [4.69, 9.17) is 4.74 Å². The van der Waals surface area contributed by atoms with Crippen molar-refractivity contribution < 1.29 is 52.4 Å². The topological polar surface area (TPSA) is 163 Å². The second-order valence-electron chi connectivity index (χ2n) is 8.64. The van der Waals surface area contributed by atoms with Crippen molar-refractivity contribution in [3.05, 3.63) is 0 Å². The summed E-state index contributed by atoms with van der Waals surface area (Å²) in [5, 5.41) is 0. The Labute approximate surface area is 197 Å². The van der Waals surface area contributed by atoms with Crippen LogP contribution in [0.4, 0.5) is 0 Å². The molecule has 0 saturated carbocycles. The van der Waals surface area contributed by atoms with Gasteiger partial charge in [-0.3, -0.25) is 47.6 Å². The van der Waals surface area contributed by atoms with Gasteiger partial charge in [0.1, 0.15) is 6.54 Å². The van der Waals surface area contributed by atoms with Crippen LogP contribution in [0.25, 0.3) is 0 Å². The standard InChI is InChI=1S/C23H32NO10/c1-12(25)11-24(10,21(13(2)26,14(3)27)15(4)28)22(16(5)29,17(6)30)23(18(7)31,19(8)32)34-20(9)33/h11H2,1-10H3/q+1. The molecule has 34 heavy (non-hydrogen) atoms. The first-order chi connectivity index (χ1) is 15.2. The van der Waals surface area contributed by atoms with Gasteiger partial charge in [-0.15, -0.1) is 0 Å². The van der Waals surface area contributed by atoms with E-state index < -0.39 is 79.9 Å². The number of nitrogens with zero attached hydrogens (tertiary/aromatic N) is 1. The van der Waals surface area contributed by atoms with E-state index >= 15 is 0 Å². The van der Waals surface area contributed by atoms with Crippen LogP contribution in [0.3, 0.4) is 0 Å². The van der Waals surface area contributed by atoms with Crippen molar-refractivity contribution in [1.82, 2.24) is 0 Å². The highest BCUT2D eigenvalue weighted by Gasteiger charge is 2.82. The van der Waals surface area contributed by atoms with Crippen molar-refractivity contribution in [3.8, 4) is 0 Å².